The van der Waals surface area contributed by atoms with Gasteiger partial charge < -0.3 is 10.1 Å². The zero-order valence-electron chi connectivity index (χ0n) is 9.48. The van der Waals surface area contributed by atoms with Crippen molar-refractivity contribution in [2.75, 3.05) is 7.11 Å². The van der Waals surface area contributed by atoms with Gasteiger partial charge in [-0.2, -0.15) is 0 Å². The smallest absolute Gasteiger partial charge is 0.407 e. The molecule has 1 aromatic carbocycles. The van der Waals surface area contributed by atoms with E-state index >= 15 is 0 Å². The first-order valence-electron chi connectivity index (χ1n) is 5.70. The Kier molecular flexibility index (Phi) is 3.44. The van der Waals surface area contributed by atoms with E-state index < -0.39 is 0 Å². The average molecular weight is 219 g/mol. The fraction of sp³-hybridized carbons (Fsp3) is 0.462. The zero-order valence-corrected chi connectivity index (χ0v) is 9.48. The lowest BCUT2D eigenvalue weighted by atomic mass is 9.77. The van der Waals surface area contributed by atoms with Crippen LogP contribution < -0.4 is 5.32 Å². The molecule has 0 aromatic heterocycles. The quantitative estimate of drug-likeness (QED) is 0.848. The minimum absolute atomic E-state index is 0.0994. The van der Waals surface area contributed by atoms with Crippen LogP contribution >= 0.6 is 0 Å². The normalized spacial score (nSPS) is 17.3. The summed E-state index contributed by atoms with van der Waals surface area (Å²) in [4.78, 5) is 11.3. The Labute approximate surface area is 95.8 Å². The number of rotatable bonds is 3. The van der Waals surface area contributed by atoms with Gasteiger partial charge in [0.15, 0.2) is 0 Å². The van der Waals surface area contributed by atoms with Crippen molar-refractivity contribution in [2.45, 2.75) is 25.3 Å². The zero-order chi connectivity index (χ0) is 11.4. The van der Waals surface area contributed by atoms with E-state index in [1.807, 2.05) is 18.2 Å². The minimum atomic E-state index is -0.347. The van der Waals surface area contributed by atoms with Gasteiger partial charge in [-0.3, -0.25) is 0 Å². The van der Waals surface area contributed by atoms with E-state index in [9.17, 15) is 4.79 Å². The van der Waals surface area contributed by atoms with Crippen molar-refractivity contribution < 1.29 is 9.53 Å². The fourth-order valence-electron chi connectivity index (χ4n) is 2.09. The molecule has 1 saturated carbocycles. The van der Waals surface area contributed by atoms with Gasteiger partial charge >= 0.3 is 6.09 Å². The first kappa shape index (κ1) is 11.0. The first-order valence-corrected chi connectivity index (χ1v) is 5.70. The second-order valence-corrected chi connectivity index (χ2v) is 4.22. The van der Waals surface area contributed by atoms with Gasteiger partial charge in [-0.05, 0) is 24.3 Å². The lowest BCUT2D eigenvalue weighted by Gasteiger charge is -2.34. The van der Waals surface area contributed by atoms with Crippen LogP contribution in [0, 0.1) is 5.92 Å². The van der Waals surface area contributed by atoms with E-state index in [-0.39, 0.29) is 12.1 Å². The molecule has 1 N–H and O–H groups in total. The monoisotopic (exact) mass is 219 g/mol. The van der Waals surface area contributed by atoms with Crippen molar-refractivity contribution in [1.82, 2.24) is 5.32 Å². The van der Waals surface area contributed by atoms with Crippen molar-refractivity contribution in [2.24, 2.45) is 5.92 Å². The molecule has 86 valence electrons. The topological polar surface area (TPSA) is 38.3 Å². The second kappa shape index (κ2) is 5.01. The number of carbonyl (C=O) groups excluding carboxylic acids is 1. The van der Waals surface area contributed by atoms with E-state index in [4.69, 9.17) is 0 Å². The second-order valence-electron chi connectivity index (χ2n) is 4.22. The van der Waals surface area contributed by atoms with Crippen LogP contribution in [0.15, 0.2) is 30.3 Å². The molecular weight excluding hydrogens is 202 g/mol. The molecule has 3 heteroatoms. The molecule has 3 nitrogen and oxygen atoms in total. The van der Waals surface area contributed by atoms with E-state index in [0.29, 0.717) is 5.92 Å². The number of nitrogens with one attached hydrogen (secondary N) is 1. The first-order chi connectivity index (χ1) is 7.81. The SMILES string of the molecule is COC(=O)NC(c1ccccc1)C1CCC1. The van der Waals surface area contributed by atoms with E-state index in [2.05, 4.69) is 22.2 Å². The highest BCUT2D eigenvalue weighted by molar-refractivity contribution is 5.67. The van der Waals surface area contributed by atoms with Gasteiger partial charge in [0.1, 0.15) is 0 Å². The summed E-state index contributed by atoms with van der Waals surface area (Å²) in [5.41, 5.74) is 1.16. The summed E-state index contributed by atoms with van der Waals surface area (Å²) in [6.07, 6.45) is 3.28. The van der Waals surface area contributed by atoms with Crippen molar-refractivity contribution in [3.8, 4) is 0 Å². The van der Waals surface area contributed by atoms with Crippen LogP contribution in [0.25, 0.3) is 0 Å². The largest absolute Gasteiger partial charge is 0.453 e. The maximum Gasteiger partial charge on any atom is 0.407 e. The van der Waals surface area contributed by atoms with Gasteiger partial charge in [0.05, 0.1) is 13.2 Å². The van der Waals surface area contributed by atoms with Crippen LogP contribution in [-0.4, -0.2) is 13.2 Å². The third kappa shape index (κ3) is 2.35. The summed E-state index contributed by atoms with van der Waals surface area (Å²) in [7, 11) is 1.40. The Morgan fingerprint density at radius 3 is 2.56 bits per heavy atom. The molecule has 0 bridgehead atoms. The molecule has 1 amide bonds. The molecule has 2 rings (SSSR count). The summed E-state index contributed by atoms with van der Waals surface area (Å²) >= 11 is 0. The van der Waals surface area contributed by atoms with Crippen LogP contribution in [0.3, 0.4) is 0 Å². The Hall–Kier alpha value is -1.51. The lowest BCUT2D eigenvalue weighted by Crippen LogP contribution is -2.36. The highest BCUT2D eigenvalue weighted by atomic mass is 16.5. The van der Waals surface area contributed by atoms with E-state index in [1.165, 1.54) is 26.4 Å². The van der Waals surface area contributed by atoms with Gasteiger partial charge in [0.25, 0.3) is 0 Å². The number of amides is 1. The third-order valence-electron chi connectivity index (χ3n) is 3.24. The van der Waals surface area contributed by atoms with Gasteiger partial charge in [-0.15, -0.1) is 0 Å². The van der Waals surface area contributed by atoms with E-state index in [0.717, 1.165) is 5.56 Å². The summed E-state index contributed by atoms with van der Waals surface area (Å²) < 4.78 is 4.67. The Morgan fingerprint density at radius 2 is 2.06 bits per heavy atom. The molecule has 1 atom stereocenters. The molecular formula is C13H17NO2. The summed E-state index contributed by atoms with van der Waals surface area (Å²) in [6.45, 7) is 0. The van der Waals surface area contributed by atoms with Gasteiger partial charge in [-0.1, -0.05) is 36.8 Å². The van der Waals surface area contributed by atoms with Gasteiger partial charge in [0, 0.05) is 0 Å². The van der Waals surface area contributed by atoms with Crippen molar-refractivity contribution >= 4 is 6.09 Å². The van der Waals surface area contributed by atoms with Crippen LogP contribution in [0.4, 0.5) is 4.79 Å². The molecule has 1 unspecified atom stereocenters. The number of hydrogen-bond acceptors (Lipinski definition) is 2. The van der Waals surface area contributed by atoms with Crippen LogP contribution in [0.5, 0.6) is 0 Å². The summed E-state index contributed by atoms with van der Waals surface area (Å²) in [6, 6.07) is 10.2. The van der Waals surface area contributed by atoms with E-state index in [1.54, 1.807) is 0 Å². The maximum atomic E-state index is 11.3. The molecule has 0 aliphatic heterocycles. The number of hydrogen-bond donors (Lipinski definition) is 1. The van der Waals surface area contributed by atoms with Crippen LogP contribution in [0.1, 0.15) is 30.9 Å². The van der Waals surface area contributed by atoms with Gasteiger partial charge in [-0.25, -0.2) is 4.79 Å². The highest BCUT2D eigenvalue weighted by Gasteiger charge is 2.29. The lowest BCUT2D eigenvalue weighted by molar-refractivity contribution is 0.151. The summed E-state index contributed by atoms with van der Waals surface area (Å²) in [5.74, 6) is 0.557. The molecule has 0 spiro atoms. The van der Waals surface area contributed by atoms with Crippen molar-refractivity contribution in [1.29, 1.82) is 0 Å². The predicted molar refractivity (Wildman–Crippen MR) is 62.1 cm³/mol. The third-order valence-corrected chi connectivity index (χ3v) is 3.24. The standard InChI is InChI=1S/C13H17NO2/c1-16-13(15)14-12(11-8-5-9-11)10-6-3-2-4-7-10/h2-4,6-7,11-12H,5,8-9H2,1H3,(H,14,15). The molecule has 0 saturated heterocycles. The predicted octanol–water partition coefficient (Wildman–Crippen LogP) is 2.88. The highest BCUT2D eigenvalue weighted by Crippen LogP contribution is 2.37. The number of methoxy groups -OCH3 is 1. The Balaban J connectivity index is 2.11. The fourth-order valence-corrected chi connectivity index (χ4v) is 2.09. The average Bonchev–Trinajstić information content (AvgIpc) is 2.27. The molecule has 1 aliphatic rings. The molecule has 1 aliphatic carbocycles. The molecule has 1 fully saturated rings. The molecule has 0 heterocycles. The molecule has 16 heavy (non-hydrogen) atoms. The van der Waals surface area contributed by atoms with Crippen molar-refractivity contribution in [3.05, 3.63) is 35.9 Å². The Morgan fingerprint density at radius 1 is 1.38 bits per heavy atom. The van der Waals surface area contributed by atoms with Gasteiger partial charge in [0.2, 0.25) is 0 Å². The molecule has 0 radical (unpaired) electrons. The number of carbonyl (C=O) groups is 1. The number of benzene rings is 1. The minimum Gasteiger partial charge on any atom is -0.453 e. The number of ether oxygens (including phenoxy) is 1. The van der Waals surface area contributed by atoms with Crippen LogP contribution in [-0.2, 0) is 4.74 Å². The molecule has 1 aromatic rings. The van der Waals surface area contributed by atoms with Crippen molar-refractivity contribution in [3.63, 3.8) is 0 Å². The van der Waals surface area contributed by atoms with Crippen LogP contribution in [0.2, 0.25) is 0 Å². The number of alkyl carbamates (subject to hydrolysis) is 1. The maximum absolute atomic E-state index is 11.3. The summed E-state index contributed by atoms with van der Waals surface area (Å²) in [5, 5.41) is 2.92. The Bertz CT molecular complexity index is 346.